The minimum Gasteiger partial charge on any atom is -0.456 e. The highest BCUT2D eigenvalue weighted by atomic mass is 16.3. The summed E-state index contributed by atoms with van der Waals surface area (Å²) in [5.74, 6) is 0. The highest BCUT2D eigenvalue weighted by molar-refractivity contribution is 6.12. The van der Waals surface area contributed by atoms with Crippen molar-refractivity contribution in [2.24, 2.45) is 0 Å². The van der Waals surface area contributed by atoms with Gasteiger partial charge in [0.25, 0.3) is 0 Å². The number of nitrogens with zero attached hydrogens (tertiary/aromatic N) is 1. The molecule has 0 unspecified atom stereocenters. The number of hydrogen-bond acceptors (Lipinski definition) is 2. The number of furan rings is 1. The summed E-state index contributed by atoms with van der Waals surface area (Å²) in [7, 11) is 0. The molecule has 0 saturated heterocycles. The summed E-state index contributed by atoms with van der Waals surface area (Å²) in [6, 6.07) is 75.8. The van der Waals surface area contributed by atoms with Gasteiger partial charge in [-0.15, -0.1) is 0 Å². The summed E-state index contributed by atoms with van der Waals surface area (Å²) in [6.07, 6.45) is 0. The van der Waals surface area contributed by atoms with Gasteiger partial charge in [-0.1, -0.05) is 170 Å². The Balaban J connectivity index is 1.04. The van der Waals surface area contributed by atoms with Crippen LogP contribution in [-0.4, -0.2) is 0 Å². The number of fused-ring (bicyclic) bond motifs is 4. The van der Waals surface area contributed by atoms with Crippen LogP contribution in [0.25, 0.3) is 77.2 Å². The Morgan fingerprint density at radius 1 is 0.296 bits per heavy atom. The van der Waals surface area contributed by atoms with Crippen molar-refractivity contribution >= 4 is 49.8 Å². The smallest absolute Gasteiger partial charge is 0.136 e. The van der Waals surface area contributed by atoms with Gasteiger partial charge in [0.1, 0.15) is 11.2 Å². The quantitative estimate of drug-likeness (QED) is 0.166. The topological polar surface area (TPSA) is 16.4 Å². The molecular weight excluding hydrogens is 655 g/mol. The monoisotopic (exact) mass is 689 g/mol. The van der Waals surface area contributed by atoms with E-state index in [0.29, 0.717) is 0 Å². The van der Waals surface area contributed by atoms with Crippen LogP contribution in [0.15, 0.2) is 217 Å². The number of para-hydroxylation sites is 2. The van der Waals surface area contributed by atoms with E-state index in [1.165, 1.54) is 44.2 Å². The molecule has 0 fully saturated rings. The van der Waals surface area contributed by atoms with Crippen LogP contribution in [0.2, 0.25) is 0 Å². The van der Waals surface area contributed by atoms with E-state index < -0.39 is 0 Å². The molecule has 0 spiro atoms. The van der Waals surface area contributed by atoms with Crippen LogP contribution in [0.5, 0.6) is 0 Å². The van der Waals surface area contributed by atoms with E-state index in [2.05, 4.69) is 205 Å². The second-order valence-corrected chi connectivity index (χ2v) is 13.7. The Morgan fingerprint density at radius 2 is 0.778 bits per heavy atom. The van der Waals surface area contributed by atoms with E-state index in [-0.39, 0.29) is 0 Å². The summed E-state index contributed by atoms with van der Waals surface area (Å²) in [5.41, 5.74) is 14.6. The first kappa shape index (κ1) is 31.6. The fourth-order valence-corrected chi connectivity index (χ4v) is 7.89. The molecule has 0 aliphatic carbocycles. The molecule has 54 heavy (non-hydrogen) atoms. The first-order valence-electron chi connectivity index (χ1n) is 18.4. The minimum atomic E-state index is 0.902. The van der Waals surface area contributed by atoms with Crippen LogP contribution in [0, 0.1) is 0 Å². The van der Waals surface area contributed by atoms with Crippen LogP contribution >= 0.6 is 0 Å². The molecule has 0 saturated carbocycles. The summed E-state index contributed by atoms with van der Waals surface area (Å²) in [6.45, 7) is 0. The van der Waals surface area contributed by atoms with Gasteiger partial charge >= 0.3 is 0 Å². The van der Waals surface area contributed by atoms with Gasteiger partial charge in [0, 0.05) is 27.7 Å². The fourth-order valence-electron chi connectivity index (χ4n) is 7.89. The molecule has 0 N–H and O–H groups in total. The molecule has 2 heteroatoms. The van der Waals surface area contributed by atoms with Gasteiger partial charge in [0.2, 0.25) is 0 Å². The zero-order valence-corrected chi connectivity index (χ0v) is 29.6. The van der Waals surface area contributed by atoms with Crippen molar-refractivity contribution < 1.29 is 4.42 Å². The van der Waals surface area contributed by atoms with E-state index in [0.717, 1.165) is 50.1 Å². The molecule has 0 amide bonds. The van der Waals surface area contributed by atoms with Crippen molar-refractivity contribution in [1.82, 2.24) is 0 Å². The van der Waals surface area contributed by atoms with Gasteiger partial charge in [-0.2, -0.15) is 0 Å². The van der Waals surface area contributed by atoms with Crippen LogP contribution in [-0.2, 0) is 0 Å². The van der Waals surface area contributed by atoms with Crippen molar-refractivity contribution in [3.05, 3.63) is 212 Å². The second kappa shape index (κ2) is 13.4. The predicted molar refractivity (Wildman–Crippen MR) is 228 cm³/mol. The summed E-state index contributed by atoms with van der Waals surface area (Å²) in [4.78, 5) is 2.37. The van der Waals surface area contributed by atoms with Crippen LogP contribution < -0.4 is 4.90 Å². The van der Waals surface area contributed by atoms with Crippen LogP contribution in [0.4, 0.5) is 17.1 Å². The summed E-state index contributed by atoms with van der Waals surface area (Å²) in [5, 5.41) is 4.81. The van der Waals surface area contributed by atoms with Gasteiger partial charge in [0.05, 0.1) is 5.69 Å². The maximum absolute atomic E-state index is 6.22. The maximum Gasteiger partial charge on any atom is 0.136 e. The van der Waals surface area contributed by atoms with Crippen molar-refractivity contribution in [2.75, 3.05) is 4.90 Å². The van der Waals surface area contributed by atoms with Crippen molar-refractivity contribution in [3.8, 4) is 44.5 Å². The van der Waals surface area contributed by atoms with Gasteiger partial charge in [-0.3, -0.25) is 0 Å². The molecule has 9 aromatic carbocycles. The molecule has 1 heterocycles. The lowest BCUT2D eigenvalue weighted by molar-refractivity contribution is 0.669. The number of benzene rings is 9. The third-order valence-corrected chi connectivity index (χ3v) is 10.5. The molecule has 0 aliphatic rings. The highest BCUT2D eigenvalue weighted by Gasteiger charge is 2.18. The molecule has 0 aliphatic heterocycles. The Bertz CT molecular complexity index is 2900. The maximum atomic E-state index is 6.22. The number of anilines is 3. The zero-order valence-electron chi connectivity index (χ0n) is 29.6. The van der Waals surface area contributed by atoms with E-state index in [1.807, 2.05) is 12.1 Å². The third-order valence-electron chi connectivity index (χ3n) is 10.5. The summed E-state index contributed by atoms with van der Waals surface area (Å²) >= 11 is 0. The average molecular weight is 690 g/mol. The van der Waals surface area contributed by atoms with E-state index in [9.17, 15) is 0 Å². The van der Waals surface area contributed by atoms with Crippen LogP contribution in [0.1, 0.15) is 0 Å². The first-order chi connectivity index (χ1) is 26.8. The van der Waals surface area contributed by atoms with E-state index in [1.54, 1.807) is 0 Å². The lowest BCUT2D eigenvalue weighted by Crippen LogP contribution is -2.11. The average Bonchev–Trinajstić information content (AvgIpc) is 3.64. The van der Waals surface area contributed by atoms with E-state index >= 15 is 0 Å². The van der Waals surface area contributed by atoms with Crippen molar-refractivity contribution in [2.45, 2.75) is 0 Å². The fraction of sp³-hybridized carbons (Fsp3) is 0. The molecule has 0 atom stereocenters. The Kier molecular flexibility index (Phi) is 7.85. The molecule has 1 aromatic heterocycles. The Morgan fingerprint density at radius 3 is 1.56 bits per heavy atom. The number of rotatable bonds is 7. The Labute approximate surface area is 314 Å². The molecule has 10 rings (SSSR count). The van der Waals surface area contributed by atoms with Crippen molar-refractivity contribution in [1.29, 1.82) is 0 Å². The number of hydrogen-bond donors (Lipinski definition) is 0. The molecule has 10 aromatic rings. The predicted octanol–water partition coefficient (Wildman–Crippen LogP) is 14.9. The minimum absolute atomic E-state index is 0.902. The van der Waals surface area contributed by atoms with Gasteiger partial charge in [0.15, 0.2) is 0 Å². The SMILES string of the molecule is c1ccc(-c2ccccc2N(c2ccc(-c3ccc(-c4cccc5ccccc45)cc3)cc2)c2ccc(-c3cccc4oc5ccccc5c34)cc2)cc1. The zero-order chi connectivity index (χ0) is 35.8. The standard InChI is InChI=1S/C52H35NO/c1-2-12-39(13-3-1)46-17-6-8-21-49(46)53(43-34-30-41(31-35-43)47-20-11-23-51-52(47)48-18-7-9-22-50(48)54-51)42-32-28-37(29-33-42)36-24-26-40(27-25-36)45-19-10-15-38-14-4-5-16-44(38)45/h1-35H. The van der Waals surface area contributed by atoms with Gasteiger partial charge in [-0.05, 0) is 92.2 Å². The molecule has 254 valence electrons. The normalized spacial score (nSPS) is 11.3. The van der Waals surface area contributed by atoms with E-state index in [4.69, 9.17) is 4.42 Å². The first-order valence-corrected chi connectivity index (χ1v) is 18.4. The largest absolute Gasteiger partial charge is 0.456 e. The third kappa shape index (κ3) is 5.62. The molecule has 0 bridgehead atoms. The summed E-state index contributed by atoms with van der Waals surface area (Å²) < 4.78 is 6.22. The molecule has 0 radical (unpaired) electrons. The second-order valence-electron chi connectivity index (χ2n) is 13.7. The van der Waals surface area contributed by atoms with Crippen LogP contribution in [0.3, 0.4) is 0 Å². The molecular formula is C52H35NO. The molecule has 2 nitrogen and oxygen atoms in total. The van der Waals surface area contributed by atoms with Gasteiger partial charge in [-0.25, -0.2) is 0 Å². The lowest BCUT2D eigenvalue weighted by Gasteiger charge is -2.28. The lowest BCUT2D eigenvalue weighted by atomic mass is 9.96. The van der Waals surface area contributed by atoms with Crippen molar-refractivity contribution in [3.63, 3.8) is 0 Å². The van der Waals surface area contributed by atoms with Gasteiger partial charge < -0.3 is 9.32 Å². The highest BCUT2D eigenvalue weighted by Crippen LogP contribution is 2.43. The Hall–Kier alpha value is -7.16.